The number of nitrogens with zero attached hydrogens (tertiary/aromatic N) is 1. The predicted octanol–water partition coefficient (Wildman–Crippen LogP) is 2.31. The molecule has 0 bridgehead atoms. The molecule has 1 heterocycles. The van der Waals surface area contributed by atoms with Crippen LogP contribution in [0.25, 0.3) is 0 Å². The fourth-order valence-electron chi connectivity index (χ4n) is 2.00. The van der Waals surface area contributed by atoms with Crippen LogP contribution in [0.1, 0.15) is 45.7 Å². The second-order valence-corrected chi connectivity index (χ2v) is 5.52. The van der Waals surface area contributed by atoms with Crippen molar-refractivity contribution in [2.45, 2.75) is 51.2 Å². The smallest absolute Gasteiger partial charge is 0.408 e. The average molecular weight is 237 g/mol. The van der Waals surface area contributed by atoms with Crippen LogP contribution in [0.3, 0.4) is 0 Å². The van der Waals surface area contributed by atoms with Gasteiger partial charge in [0.1, 0.15) is 5.60 Å². The van der Waals surface area contributed by atoms with Crippen molar-refractivity contribution in [1.82, 2.24) is 15.5 Å². The summed E-state index contributed by atoms with van der Waals surface area (Å²) in [4.78, 5) is 11.8. The molecule has 1 amide bonds. The molecule has 5 heteroatoms. The molecule has 1 aliphatic rings. The molecule has 0 unspecified atom stereocenters. The van der Waals surface area contributed by atoms with Crippen LogP contribution in [0.15, 0.2) is 12.3 Å². The van der Waals surface area contributed by atoms with Gasteiger partial charge in [-0.1, -0.05) is 0 Å². The van der Waals surface area contributed by atoms with Gasteiger partial charge in [0.05, 0.1) is 11.2 Å². The summed E-state index contributed by atoms with van der Waals surface area (Å²) in [5, 5.41) is 9.89. The number of carbonyl (C=O) groups is 1. The minimum Gasteiger partial charge on any atom is -0.444 e. The van der Waals surface area contributed by atoms with Crippen LogP contribution in [0, 0.1) is 0 Å². The number of alkyl carbamates (subject to hydrolysis) is 1. The van der Waals surface area contributed by atoms with Gasteiger partial charge in [-0.15, -0.1) is 0 Å². The second-order valence-electron chi connectivity index (χ2n) is 5.52. The minimum atomic E-state index is -0.472. The molecule has 1 aromatic rings. The summed E-state index contributed by atoms with van der Waals surface area (Å²) < 4.78 is 5.28. The summed E-state index contributed by atoms with van der Waals surface area (Å²) in [5.74, 6) is 0. The van der Waals surface area contributed by atoms with Crippen LogP contribution in [-0.4, -0.2) is 21.9 Å². The molecule has 1 fully saturated rings. The number of rotatable bonds is 2. The number of H-pyrrole nitrogens is 1. The van der Waals surface area contributed by atoms with Crippen LogP contribution >= 0.6 is 0 Å². The van der Waals surface area contributed by atoms with Gasteiger partial charge in [-0.3, -0.25) is 5.10 Å². The summed E-state index contributed by atoms with van der Waals surface area (Å²) in [6, 6.07) is 1.90. The van der Waals surface area contributed by atoms with Crippen molar-refractivity contribution in [2.24, 2.45) is 0 Å². The van der Waals surface area contributed by atoms with Crippen LogP contribution in [0.4, 0.5) is 4.79 Å². The van der Waals surface area contributed by atoms with E-state index < -0.39 is 5.60 Å². The highest BCUT2D eigenvalue weighted by molar-refractivity contribution is 5.69. The zero-order valence-electron chi connectivity index (χ0n) is 10.5. The molecular formula is C12H19N3O2. The Bertz CT molecular complexity index is 388. The molecule has 1 saturated carbocycles. The summed E-state index contributed by atoms with van der Waals surface area (Å²) in [6.07, 6.45) is 4.32. The summed E-state index contributed by atoms with van der Waals surface area (Å²) >= 11 is 0. The van der Waals surface area contributed by atoms with E-state index in [2.05, 4.69) is 15.5 Å². The van der Waals surface area contributed by atoms with Gasteiger partial charge in [-0.05, 0) is 46.1 Å². The van der Waals surface area contributed by atoms with Gasteiger partial charge in [-0.25, -0.2) is 4.79 Å². The number of amides is 1. The van der Waals surface area contributed by atoms with Crippen LogP contribution < -0.4 is 5.32 Å². The standard InChI is InChI=1S/C12H19N3O2/c1-11(2,3)17-10(16)14-12(6-4-7-12)9-5-8-13-15-9/h5,8H,4,6-7H2,1-3H3,(H,13,15)(H,14,16). The van der Waals surface area contributed by atoms with E-state index >= 15 is 0 Å². The molecule has 1 aliphatic carbocycles. The first-order valence-corrected chi connectivity index (χ1v) is 5.93. The Labute approximate surface area is 101 Å². The largest absolute Gasteiger partial charge is 0.444 e. The summed E-state index contributed by atoms with van der Waals surface area (Å²) in [6.45, 7) is 5.57. The Balaban J connectivity index is 2.04. The van der Waals surface area contributed by atoms with Crippen molar-refractivity contribution in [3.8, 4) is 0 Å². The van der Waals surface area contributed by atoms with Gasteiger partial charge in [0, 0.05) is 6.20 Å². The van der Waals surface area contributed by atoms with Crippen molar-refractivity contribution in [2.75, 3.05) is 0 Å². The van der Waals surface area contributed by atoms with E-state index in [1.54, 1.807) is 6.20 Å². The maximum absolute atomic E-state index is 11.8. The Morgan fingerprint density at radius 3 is 2.65 bits per heavy atom. The number of hydrogen-bond acceptors (Lipinski definition) is 3. The van der Waals surface area contributed by atoms with Crippen LogP contribution in [-0.2, 0) is 10.3 Å². The van der Waals surface area contributed by atoms with Crippen molar-refractivity contribution in [1.29, 1.82) is 0 Å². The van der Waals surface area contributed by atoms with Gasteiger partial charge in [-0.2, -0.15) is 5.10 Å². The van der Waals surface area contributed by atoms with E-state index in [0.29, 0.717) is 0 Å². The summed E-state index contributed by atoms with van der Waals surface area (Å²) in [7, 11) is 0. The molecule has 94 valence electrons. The molecular weight excluding hydrogens is 218 g/mol. The number of carbonyl (C=O) groups excluding carboxylic acids is 1. The van der Waals surface area contributed by atoms with Gasteiger partial charge in [0.15, 0.2) is 0 Å². The van der Waals surface area contributed by atoms with E-state index in [1.165, 1.54) is 0 Å². The van der Waals surface area contributed by atoms with Crippen LogP contribution in [0.5, 0.6) is 0 Å². The number of ether oxygens (including phenoxy) is 1. The predicted molar refractivity (Wildman–Crippen MR) is 63.5 cm³/mol. The molecule has 0 spiro atoms. The fourth-order valence-corrected chi connectivity index (χ4v) is 2.00. The lowest BCUT2D eigenvalue weighted by atomic mass is 9.74. The Hall–Kier alpha value is -1.52. The number of aromatic amines is 1. The first-order chi connectivity index (χ1) is 7.91. The number of nitrogens with one attached hydrogen (secondary N) is 2. The zero-order valence-corrected chi connectivity index (χ0v) is 10.5. The fraction of sp³-hybridized carbons (Fsp3) is 0.667. The molecule has 0 saturated heterocycles. The monoisotopic (exact) mass is 237 g/mol. The maximum Gasteiger partial charge on any atom is 0.408 e. The van der Waals surface area contributed by atoms with Gasteiger partial charge in [0.25, 0.3) is 0 Å². The first kappa shape index (κ1) is 12.0. The lowest BCUT2D eigenvalue weighted by molar-refractivity contribution is 0.0371. The maximum atomic E-state index is 11.8. The van der Waals surface area contributed by atoms with E-state index in [0.717, 1.165) is 25.0 Å². The summed E-state index contributed by atoms with van der Waals surface area (Å²) in [5.41, 5.74) is 0.0812. The van der Waals surface area contributed by atoms with Crippen molar-refractivity contribution in [3.63, 3.8) is 0 Å². The van der Waals surface area contributed by atoms with Crippen molar-refractivity contribution < 1.29 is 9.53 Å². The highest BCUT2D eigenvalue weighted by Crippen LogP contribution is 2.40. The lowest BCUT2D eigenvalue weighted by Crippen LogP contribution is -2.52. The molecule has 0 radical (unpaired) electrons. The Kier molecular flexibility index (Phi) is 2.85. The number of hydrogen-bond donors (Lipinski definition) is 2. The second kappa shape index (κ2) is 4.05. The van der Waals surface area contributed by atoms with Gasteiger partial charge >= 0.3 is 6.09 Å². The quantitative estimate of drug-likeness (QED) is 0.829. The lowest BCUT2D eigenvalue weighted by Gasteiger charge is -2.41. The molecule has 2 rings (SSSR count). The van der Waals surface area contributed by atoms with E-state index in [4.69, 9.17) is 4.74 Å². The SMILES string of the molecule is CC(C)(C)OC(=O)NC1(c2cc[nH]n2)CCC1. The van der Waals surface area contributed by atoms with Crippen molar-refractivity contribution >= 4 is 6.09 Å². The highest BCUT2D eigenvalue weighted by atomic mass is 16.6. The van der Waals surface area contributed by atoms with Crippen molar-refractivity contribution in [3.05, 3.63) is 18.0 Å². The average Bonchev–Trinajstić information content (AvgIpc) is 2.60. The van der Waals surface area contributed by atoms with Crippen LogP contribution in [0.2, 0.25) is 0 Å². The number of aromatic nitrogens is 2. The van der Waals surface area contributed by atoms with E-state index in [1.807, 2.05) is 26.8 Å². The zero-order chi connectivity index (χ0) is 12.5. The third kappa shape index (κ3) is 2.60. The minimum absolute atomic E-state index is 0.331. The topological polar surface area (TPSA) is 67.0 Å². The Morgan fingerprint density at radius 2 is 2.24 bits per heavy atom. The van der Waals surface area contributed by atoms with Gasteiger partial charge in [0.2, 0.25) is 0 Å². The normalized spacial score (nSPS) is 18.3. The molecule has 0 aromatic carbocycles. The molecule has 0 atom stereocenters. The molecule has 1 aromatic heterocycles. The first-order valence-electron chi connectivity index (χ1n) is 5.93. The highest BCUT2D eigenvalue weighted by Gasteiger charge is 2.42. The third-order valence-corrected chi connectivity index (χ3v) is 2.94. The van der Waals surface area contributed by atoms with Gasteiger partial charge < -0.3 is 10.1 Å². The van der Waals surface area contributed by atoms with E-state index in [9.17, 15) is 4.79 Å². The molecule has 0 aliphatic heterocycles. The molecule has 5 nitrogen and oxygen atoms in total. The molecule has 17 heavy (non-hydrogen) atoms. The molecule has 2 N–H and O–H groups in total. The third-order valence-electron chi connectivity index (χ3n) is 2.94. The van der Waals surface area contributed by atoms with E-state index in [-0.39, 0.29) is 11.6 Å². The Morgan fingerprint density at radius 1 is 1.53 bits per heavy atom.